The summed E-state index contributed by atoms with van der Waals surface area (Å²) in [5.41, 5.74) is 9.22. The van der Waals surface area contributed by atoms with Crippen molar-refractivity contribution in [1.29, 1.82) is 0 Å². The van der Waals surface area contributed by atoms with E-state index in [2.05, 4.69) is 5.10 Å². The number of aryl methyl sites for hydroxylation is 2. The third-order valence-corrected chi connectivity index (χ3v) is 2.88. The summed E-state index contributed by atoms with van der Waals surface area (Å²) in [5.74, 6) is 0.974. The molecule has 78 valence electrons. The highest BCUT2D eigenvalue weighted by Gasteiger charge is 2.23. The molecule has 2 N–H and O–H groups in total. The maximum Gasteiger partial charge on any atom is 0.155 e. The van der Waals surface area contributed by atoms with E-state index in [1.165, 1.54) is 11.1 Å². The summed E-state index contributed by atoms with van der Waals surface area (Å²) in [6.45, 7) is 1.35. The van der Waals surface area contributed by atoms with Crippen LogP contribution >= 0.6 is 0 Å². The topological polar surface area (TPSA) is 57.0 Å². The fourth-order valence-electron chi connectivity index (χ4n) is 2.17. The van der Waals surface area contributed by atoms with Crippen LogP contribution in [0.5, 0.6) is 0 Å². The third-order valence-electron chi connectivity index (χ3n) is 2.88. The van der Waals surface area contributed by atoms with E-state index in [0.29, 0.717) is 6.54 Å². The van der Waals surface area contributed by atoms with Crippen LogP contribution < -0.4 is 5.73 Å². The van der Waals surface area contributed by atoms with Crippen molar-refractivity contribution >= 4 is 0 Å². The van der Waals surface area contributed by atoms with Gasteiger partial charge in [-0.25, -0.2) is 0 Å². The molecule has 1 aliphatic carbocycles. The van der Waals surface area contributed by atoms with Crippen LogP contribution in [0.25, 0.3) is 11.5 Å². The minimum absolute atomic E-state index is 0.601. The Morgan fingerprint density at radius 2 is 2.27 bits per heavy atom. The SMILES string of the molecule is NCCn1ncc2c1-c1occc1CC2. The summed E-state index contributed by atoms with van der Waals surface area (Å²) in [6.07, 6.45) is 5.77. The highest BCUT2D eigenvalue weighted by Crippen LogP contribution is 2.33. The van der Waals surface area contributed by atoms with Crippen molar-refractivity contribution in [3.63, 3.8) is 0 Å². The largest absolute Gasteiger partial charge is 0.462 e. The Morgan fingerprint density at radius 3 is 3.13 bits per heavy atom. The molecule has 0 unspecified atom stereocenters. The molecule has 4 nitrogen and oxygen atoms in total. The molecule has 0 bridgehead atoms. The molecule has 0 saturated carbocycles. The van der Waals surface area contributed by atoms with Gasteiger partial charge in [0.05, 0.1) is 19.0 Å². The Kier molecular flexibility index (Phi) is 1.89. The lowest BCUT2D eigenvalue weighted by molar-refractivity contribution is 0.554. The first kappa shape index (κ1) is 8.73. The van der Waals surface area contributed by atoms with Gasteiger partial charge in [0.1, 0.15) is 5.69 Å². The Balaban J connectivity index is 2.16. The molecule has 3 rings (SSSR count). The highest BCUT2D eigenvalue weighted by molar-refractivity contribution is 5.64. The third kappa shape index (κ3) is 1.22. The molecule has 2 aromatic rings. The van der Waals surface area contributed by atoms with Gasteiger partial charge < -0.3 is 10.2 Å². The quantitative estimate of drug-likeness (QED) is 0.797. The number of hydrogen-bond acceptors (Lipinski definition) is 3. The Labute approximate surface area is 87.7 Å². The van der Waals surface area contributed by atoms with Crippen LogP contribution in [0.15, 0.2) is 22.9 Å². The number of aromatic nitrogens is 2. The Morgan fingerprint density at radius 1 is 1.40 bits per heavy atom. The number of fused-ring (bicyclic) bond motifs is 3. The van der Waals surface area contributed by atoms with E-state index in [0.717, 1.165) is 30.8 Å². The van der Waals surface area contributed by atoms with Crippen molar-refractivity contribution in [2.75, 3.05) is 6.54 Å². The molecular weight excluding hydrogens is 190 g/mol. The van der Waals surface area contributed by atoms with Gasteiger partial charge in [-0.15, -0.1) is 0 Å². The van der Waals surface area contributed by atoms with E-state index >= 15 is 0 Å². The molecule has 0 saturated heterocycles. The van der Waals surface area contributed by atoms with Gasteiger partial charge in [-0.2, -0.15) is 5.10 Å². The summed E-state index contributed by atoms with van der Waals surface area (Å²) in [4.78, 5) is 0. The van der Waals surface area contributed by atoms with E-state index in [9.17, 15) is 0 Å². The summed E-state index contributed by atoms with van der Waals surface area (Å²) < 4.78 is 7.47. The zero-order valence-electron chi connectivity index (χ0n) is 8.44. The molecule has 0 fully saturated rings. The van der Waals surface area contributed by atoms with Gasteiger partial charge in [0.2, 0.25) is 0 Å². The van der Waals surface area contributed by atoms with Crippen LogP contribution in [0.3, 0.4) is 0 Å². The van der Waals surface area contributed by atoms with E-state index in [-0.39, 0.29) is 0 Å². The molecule has 15 heavy (non-hydrogen) atoms. The predicted molar refractivity (Wildman–Crippen MR) is 56.4 cm³/mol. The average Bonchev–Trinajstić information content (AvgIpc) is 2.83. The maximum absolute atomic E-state index is 5.56. The standard InChI is InChI=1S/C11H13N3O/c12-4-5-14-10-9(7-13-14)2-1-8-3-6-15-11(8)10/h3,6-7H,1-2,4-5,12H2. The van der Waals surface area contributed by atoms with Gasteiger partial charge in [0.15, 0.2) is 5.76 Å². The first-order chi connectivity index (χ1) is 7.40. The lowest BCUT2D eigenvalue weighted by atomic mass is 9.97. The van der Waals surface area contributed by atoms with Crippen molar-refractivity contribution in [2.24, 2.45) is 5.73 Å². The van der Waals surface area contributed by atoms with Gasteiger partial charge in [-0.05, 0) is 18.9 Å². The summed E-state index contributed by atoms with van der Waals surface area (Å²) >= 11 is 0. The molecule has 1 aliphatic rings. The second kappa shape index (κ2) is 3.24. The van der Waals surface area contributed by atoms with Gasteiger partial charge in [0, 0.05) is 17.7 Å². The first-order valence-corrected chi connectivity index (χ1v) is 5.21. The minimum Gasteiger partial charge on any atom is -0.462 e. The van der Waals surface area contributed by atoms with Crippen molar-refractivity contribution < 1.29 is 4.42 Å². The van der Waals surface area contributed by atoms with Crippen LogP contribution in [0.1, 0.15) is 11.1 Å². The second-order valence-corrected chi connectivity index (χ2v) is 3.81. The van der Waals surface area contributed by atoms with E-state index in [4.69, 9.17) is 10.2 Å². The number of hydrogen-bond donors (Lipinski definition) is 1. The Hall–Kier alpha value is -1.55. The Bertz CT molecular complexity index is 484. The fourth-order valence-corrected chi connectivity index (χ4v) is 2.17. The van der Waals surface area contributed by atoms with E-state index in [1.54, 1.807) is 6.26 Å². The van der Waals surface area contributed by atoms with Crippen molar-refractivity contribution in [2.45, 2.75) is 19.4 Å². The monoisotopic (exact) mass is 203 g/mol. The van der Waals surface area contributed by atoms with Gasteiger partial charge in [-0.1, -0.05) is 0 Å². The number of rotatable bonds is 2. The number of furan rings is 1. The molecule has 0 aromatic carbocycles. The van der Waals surface area contributed by atoms with E-state index < -0.39 is 0 Å². The van der Waals surface area contributed by atoms with Crippen molar-refractivity contribution in [3.05, 3.63) is 29.7 Å². The second-order valence-electron chi connectivity index (χ2n) is 3.81. The normalized spacial score (nSPS) is 13.7. The molecule has 0 aliphatic heterocycles. The molecule has 0 amide bonds. The smallest absolute Gasteiger partial charge is 0.155 e. The lowest BCUT2D eigenvalue weighted by Crippen LogP contribution is -2.13. The van der Waals surface area contributed by atoms with Crippen LogP contribution in [0.4, 0.5) is 0 Å². The zero-order chi connectivity index (χ0) is 10.3. The van der Waals surface area contributed by atoms with Gasteiger partial charge in [-0.3, -0.25) is 4.68 Å². The molecule has 2 aromatic heterocycles. The average molecular weight is 203 g/mol. The molecule has 0 atom stereocenters. The summed E-state index contributed by atoms with van der Waals surface area (Å²) in [6, 6.07) is 2.04. The summed E-state index contributed by atoms with van der Waals surface area (Å²) in [7, 11) is 0. The number of nitrogens with two attached hydrogens (primary N) is 1. The summed E-state index contributed by atoms with van der Waals surface area (Å²) in [5, 5.41) is 4.34. The highest BCUT2D eigenvalue weighted by atomic mass is 16.3. The van der Waals surface area contributed by atoms with Crippen LogP contribution in [0.2, 0.25) is 0 Å². The van der Waals surface area contributed by atoms with Crippen LogP contribution in [0, 0.1) is 0 Å². The molecule has 0 spiro atoms. The molecule has 0 radical (unpaired) electrons. The van der Waals surface area contributed by atoms with Gasteiger partial charge >= 0.3 is 0 Å². The fraction of sp³-hybridized carbons (Fsp3) is 0.364. The predicted octanol–water partition coefficient (Wildman–Crippen LogP) is 1.20. The first-order valence-electron chi connectivity index (χ1n) is 5.21. The van der Waals surface area contributed by atoms with Crippen molar-refractivity contribution in [1.82, 2.24) is 9.78 Å². The van der Waals surface area contributed by atoms with Gasteiger partial charge in [0.25, 0.3) is 0 Å². The maximum atomic E-state index is 5.56. The lowest BCUT2D eigenvalue weighted by Gasteiger charge is -2.12. The van der Waals surface area contributed by atoms with Crippen LogP contribution in [-0.4, -0.2) is 16.3 Å². The van der Waals surface area contributed by atoms with E-state index in [1.807, 2.05) is 16.9 Å². The molecule has 2 heterocycles. The minimum atomic E-state index is 0.601. The zero-order valence-corrected chi connectivity index (χ0v) is 8.44. The molecular formula is C11H13N3O. The molecule has 4 heteroatoms. The van der Waals surface area contributed by atoms with Crippen LogP contribution in [-0.2, 0) is 19.4 Å². The number of nitrogens with zero attached hydrogens (tertiary/aromatic N) is 2. The van der Waals surface area contributed by atoms with Crippen molar-refractivity contribution in [3.8, 4) is 11.5 Å².